The molecule has 14 heavy (non-hydrogen) atoms. The molecule has 0 atom stereocenters. The SMILES string of the molecule is C=C(C)c1cc(I)c(OC)c(OC)c1. The van der Waals surface area contributed by atoms with Crippen LogP contribution < -0.4 is 9.47 Å². The number of hydrogen-bond acceptors (Lipinski definition) is 2. The van der Waals surface area contributed by atoms with Crippen molar-refractivity contribution in [3.05, 3.63) is 27.8 Å². The fourth-order valence-electron chi connectivity index (χ4n) is 1.16. The van der Waals surface area contributed by atoms with Crippen molar-refractivity contribution >= 4 is 28.2 Å². The maximum atomic E-state index is 5.24. The van der Waals surface area contributed by atoms with Crippen LogP contribution in [0.15, 0.2) is 18.7 Å². The third-order valence-electron chi connectivity index (χ3n) is 1.93. The topological polar surface area (TPSA) is 18.5 Å². The molecule has 3 heteroatoms. The highest BCUT2D eigenvalue weighted by molar-refractivity contribution is 14.1. The van der Waals surface area contributed by atoms with Gasteiger partial charge in [-0.05, 0) is 47.2 Å². The van der Waals surface area contributed by atoms with Crippen LogP contribution in [0.3, 0.4) is 0 Å². The van der Waals surface area contributed by atoms with Crippen molar-refractivity contribution in [3.8, 4) is 11.5 Å². The van der Waals surface area contributed by atoms with E-state index in [0.717, 1.165) is 26.2 Å². The van der Waals surface area contributed by atoms with Crippen molar-refractivity contribution in [2.24, 2.45) is 0 Å². The third kappa shape index (κ3) is 2.20. The van der Waals surface area contributed by atoms with Crippen molar-refractivity contribution < 1.29 is 9.47 Å². The minimum absolute atomic E-state index is 0.748. The summed E-state index contributed by atoms with van der Waals surface area (Å²) in [6.07, 6.45) is 0. The molecule has 0 aliphatic rings. The zero-order chi connectivity index (χ0) is 10.7. The first-order valence-corrected chi connectivity index (χ1v) is 5.25. The lowest BCUT2D eigenvalue weighted by Gasteiger charge is -2.11. The largest absolute Gasteiger partial charge is 0.493 e. The predicted molar refractivity (Wildman–Crippen MR) is 67.0 cm³/mol. The van der Waals surface area contributed by atoms with Gasteiger partial charge in [-0.15, -0.1) is 0 Å². The molecule has 0 aliphatic carbocycles. The van der Waals surface area contributed by atoms with Crippen molar-refractivity contribution in [1.29, 1.82) is 0 Å². The summed E-state index contributed by atoms with van der Waals surface area (Å²) in [4.78, 5) is 0. The Hall–Kier alpha value is -0.710. The van der Waals surface area contributed by atoms with E-state index in [1.165, 1.54) is 0 Å². The molecule has 0 fully saturated rings. The Balaban J connectivity index is 3.31. The molecule has 0 aromatic heterocycles. The van der Waals surface area contributed by atoms with Gasteiger partial charge in [0, 0.05) is 0 Å². The fraction of sp³-hybridized carbons (Fsp3) is 0.273. The summed E-state index contributed by atoms with van der Waals surface area (Å²) in [6, 6.07) is 3.97. The average molecular weight is 304 g/mol. The van der Waals surface area contributed by atoms with Gasteiger partial charge < -0.3 is 9.47 Å². The zero-order valence-corrected chi connectivity index (χ0v) is 10.7. The lowest BCUT2D eigenvalue weighted by atomic mass is 10.1. The molecule has 2 nitrogen and oxygen atoms in total. The van der Waals surface area contributed by atoms with Crippen LogP contribution in [0.4, 0.5) is 0 Å². The van der Waals surface area contributed by atoms with E-state index in [1.807, 2.05) is 19.1 Å². The number of ether oxygens (including phenoxy) is 2. The van der Waals surface area contributed by atoms with Crippen LogP contribution in [0, 0.1) is 3.57 Å². The molecule has 0 spiro atoms. The predicted octanol–water partition coefficient (Wildman–Crippen LogP) is 3.34. The summed E-state index contributed by atoms with van der Waals surface area (Å²) in [7, 11) is 3.27. The highest BCUT2D eigenvalue weighted by Gasteiger charge is 2.10. The van der Waals surface area contributed by atoms with Gasteiger partial charge in [-0.1, -0.05) is 12.2 Å². The molecule has 0 radical (unpaired) electrons. The Morgan fingerprint density at radius 2 is 1.93 bits per heavy atom. The van der Waals surface area contributed by atoms with Gasteiger partial charge in [0.05, 0.1) is 17.8 Å². The number of methoxy groups -OCH3 is 2. The van der Waals surface area contributed by atoms with Crippen LogP contribution in [0.1, 0.15) is 12.5 Å². The molecule has 0 unspecified atom stereocenters. The number of halogens is 1. The maximum Gasteiger partial charge on any atom is 0.174 e. The Morgan fingerprint density at radius 3 is 2.36 bits per heavy atom. The molecular formula is C11H13IO2. The number of benzene rings is 1. The Bertz CT molecular complexity index is 359. The molecule has 1 aromatic carbocycles. The highest BCUT2D eigenvalue weighted by atomic mass is 127. The van der Waals surface area contributed by atoms with E-state index < -0.39 is 0 Å². The van der Waals surface area contributed by atoms with E-state index in [2.05, 4.69) is 29.2 Å². The summed E-state index contributed by atoms with van der Waals surface area (Å²) in [5, 5.41) is 0. The van der Waals surface area contributed by atoms with Crippen molar-refractivity contribution in [3.63, 3.8) is 0 Å². The van der Waals surface area contributed by atoms with Crippen molar-refractivity contribution in [2.75, 3.05) is 14.2 Å². The summed E-state index contributed by atoms with van der Waals surface area (Å²) in [6.45, 7) is 5.87. The molecule has 76 valence electrons. The van der Waals surface area contributed by atoms with Gasteiger partial charge >= 0.3 is 0 Å². The van der Waals surface area contributed by atoms with Gasteiger partial charge in [0.1, 0.15) is 0 Å². The van der Waals surface area contributed by atoms with Gasteiger partial charge in [0.15, 0.2) is 11.5 Å². The van der Waals surface area contributed by atoms with Crippen LogP contribution in [-0.4, -0.2) is 14.2 Å². The number of hydrogen-bond donors (Lipinski definition) is 0. The first-order valence-electron chi connectivity index (χ1n) is 4.17. The van der Waals surface area contributed by atoms with Gasteiger partial charge in [0.25, 0.3) is 0 Å². The molecule has 0 saturated heterocycles. The minimum Gasteiger partial charge on any atom is -0.493 e. The van der Waals surface area contributed by atoms with Crippen LogP contribution in [0.5, 0.6) is 11.5 Å². The van der Waals surface area contributed by atoms with E-state index in [1.54, 1.807) is 14.2 Å². The summed E-state index contributed by atoms with van der Waals surface area (Å²) in [5.74, 6) is 1.52. The Morgan fingerprint density at radius 1 is 1.29 bits per heavy atom. The molecular weight excluding hydrogens is 291 g/mol. The number of rotatable bonds is 3. The van der Waals surface area contributed by atoms with Gasteiger partial charge in [-0.25, -0.2) is 0 Å². The molecule has 0 amide bonds. The van der Waals surface area contributed by atoms with Crippen LogP contribution >= 0.6 is 22.6 Å². The fourth-order valence-corrected chi connectivity index (χ4v) is 1.99. The Labute approximate surface area is 98.1 Å². The first kappa shape index (κ1) is 11.4. The summed E-state index contributed by atoms with van der Waals surface area (Å²) < 4.78 is 11.5. The number of allylic oxidation sites excluding steroid dienone is 1. The van der Waals surface area contributed by atoms with E-state index in [4.69, 9.17) is 9.47 Å². The van der Waals surface area contributed by atoms with Gasteiger partial charge in [-0.2, -0.15) is 0 Å². The van der Waals surface area contributed by atoms with Crippen molar-refractivity contribution in [2.45, 2.75) is 6.92 Å². The zero-order valence-electron chi connectivity index (χ0n) is 8.56. The van der Waals surface area contributed by atoms with E-state index in [9.17, 15) is 0 Å². The lowest BCUT2D eigenvalue weighted by molar-refractivity contribution is 0.353. The van der Waals surface area contributed by atoms with E-state index >= 15 is 0 Å². The standard InChI is InChI=1S/C11H13IO2/c1-7(2)8-5-9(12)11(14-4)10(6-8)13-3/h5-6H,1H2,2-4H3. The van der Waals surface area contributed by atoms with E-state index in [0.29, 0.717) is 0 Å². The maximum absolute atomic E-state index is 5.24. The normalized spacial score (nSPS) is 9.71. The summed E-state index contributed by atoms with van der Waals surface area (Å²) >= 11 is 2.22. The molecule has 0 N–H and O–H groups in total. The highest BCUT2D eigenvalue weighted by Crippen LogP contribution is 2.35. The smallest absolute Gasteiger partial charge is 0.174 e. The molecule has 1 rings (SSSR count). The molecule has 0 aliphatic heterocycles. The minimum atomic E-state index is 0.748. The second kappa shape index (κ2) is 4.68. The van der Waals surface area contributed by atoms with Gasteiger partial charge in [-0.3, -0.25) is 0 Å². The van der Waals surface area contributed by atoms with Crippen LogP contribution in [0.2, 0.25) is 0 Å². The average Bonchev–Trinajstić information content (AvgIpc) is 2.16. The molecule has 1 aromatic rings. The van der Waals surface area contributed by atoms with E-state index in [-0.39, 0.29) is 0 Å². The second-order valence-corrected chi connectivity index (χ2v) is 4.14. The third-order valence-corrected chi connectivity index (χ3v) is 2.73. The lowest BCUT2D eigenvalue weighted by Crippen LogP contribution is -1.94. The first-order chi connectivity index (χ1) is 6.60. The molecule has 0 heterocycles. The monoisotopic (exact) mass is 304 g/mol. The molecule has 0 saturated carbocycles. The van der Waals surface area contributed by atoms with Crippen LogP contribution in [-0.2, 0) is 0 Å². The Kier molecular flexibility index (Phi) is 3.80. The quantitative estimate of drug-likeness (QED) is 0.797. The second-order valence-electron chi connectivity index (χ2n) is 2.97. The molecule has 0 bridgehead atoms. The van der Waals surface area contributed by atoms with Crippen molar-refractivity contribution in [1.82, 2.24) is 0 Å². The summed E-state index contributed by atoms with van der Waals surface area (Å²) in [5.41, 5.74) is 2.09. The van der Waals surface area contributed by atoms with Gasteiger partial charge in [0.2, 0.25) is 0 Å². The van der Waals surface area contributed by atoms with Crippen LogP contribution in [0.25, 0.3) is 5.57 Å².